The third-order valence-corrected chi connectivity index (χ3v) is 5.22. The fraction of sp³-hybridized carbons (Fsp3) is 0.333. The molecule has 0 saturated carbocycles. The molecule has 1 nitrogen and oxygen atoms in total. The van der Waals surface area contributed by atoms with Gasteiger partial charge in [0.2, 0.25) is 0 Å². The van der Waals surface area contributed by atoms with Crippen LogP contribution in [0.15, 0.2) is 33.4 Å². The largest absolute Gasteiger partial charge is 0.312 e. The Hall–Kier alpha value is -0.160. The van der Waals surface area contributed by atoms with Gasteiger partial charge in [-0.25, -0.2) is 0 Å². The fourth-order valence-corrected chi connectivity index (χ4v) is 3.98. The lowest BCUT2D eigenvalue weighted by molar-refractivity contribution is 0.560. The summed E-state index contributed by atoms with van der Waals surface area (Å²) in [5, 5.41) is 5.53. The molecule has 0 aliphatic heterocycles. The van der Waals surface area contributed by atoms with Crippen molar-refractivity contribution in [2.75, 3.05) is 7.05 Å². The van der Waals surface area contributed by atoms with E-state index < -0.39 is 0 Å². The SMILES string of the molecule is CNC(CCc1cccs1)c1ccc(Br)s1. The Kier molecular flexibility index (Phi) is 4.58. The molecule has 0 spiro atoms. The van der Waals surface area contributed by atoms with Gasteiger partial charge in [0.15, 0.2) is 0 Å². The fourth-order valence-electron chi connectivity index (χ4n) is 1.69. The van der Waals surface area contributed by atoms with Crippen molar-refractivity contribution in [1.29, 1.82) is 0 Å². The molecule has 2 aromatic rings. The zero-order valence-electron chi connectivity index (χ0n) is 9.07. The lowest BCUT2D eigenvalue weighted by Crippen LogP contribution is -2.15. The molecule has 0 radical (unpaired) electrons. The Morgan fingerprint density at radius 1 is 1.38 bits per heavy atom. The summed E-state index contributed by atoms with van der Waals surface area (Å²) in [6.07, 6.45) is 2.31. The highest BCUT2D eigenvalue weighted by Crippen LogP contribution is 2.29. The van der Waals surface area contributed by atoms with Gasteiger partial charge in [0.25, 0.3) is 0 Å². The first-order valence-corrected chi connectivity index (χ1v) is 7.73. The van der Waals surface area contributed by atoms with Crippen molar-refractivity contribution < 1.29 is 0 Å². The van der Waals surface area contributed by atoms with E-state index in [1.807, 2.05) is 29.7 Å². The summed E-state index contributed by atoms with van der Waals surface area (Å²) in [7, 11) is 2.03. The van der Waals surface area contributed by atoms with Gasteiger partial charge in [-0.3, -0.25) is 0 Å². The first kappa shape index (κ1) is 12.3. The highest BCUT2D eigenvalue weighted by molar-refractivity contribution is 9.11. The first-order chi connectivity index (χ1) is 7.79. The Morgan fingerprint density at radius 2 is 2.25 bits per heavy atom. The molecule has 2 heterocycles. The zero-order chi connectivity index (χ0) is 11.4. The Bertz CT molecular complexity index is 422. The van der Waals surface area contributed by atoms with Crippen LogP contribution in [0.5, 0.6) is 0 Å². The van der Waals surface area contributed by atoms with Crippen LogP contribution < -0.4 is 5.32 Å². The molecule has 2 aromatic heterocycles. The second kappa shape index (κ2) is 5.96. The molecule has 16 heavy (non-hydrogen) atoms. The number of hydrogen-bond donors (Lipinski definition) is 1. The quantitative estimate of drug-likeness (QED) is 0.858. The van der Waals surface area contributed by atoms with E-state index in [-0.39, 0.29) is 0 Å². The van der Waals surface area contributed by atoms with E-state index in [0.29, 0.717) is 6.04 Å². The van der Waals surface area contributed by atoms with Gasteiger partial charge in [-0.05, 0) is 59.4 Å². The van der Waals surface area contributed by atoms with Gasteiger partial charge in [-0.15, -0.1) is 22.7 Å². The molecule has 0 amide bonds. The van der Waals surface area contributed by atoms with Gasteiger partial charge in [0, 0.05) is 15.8 Å². The molecule has 0 aliphatic carbocycles. The number of thiophene rings is 2. The average molecular weight is 316 g/mol. The molecular formula is C12H14BrNS2. The minimum atomic E-state index is 0.471. The van der Waals surface area contributed by atoms with Gasteiger partial charge in [0.1, 0.15) is 0 Å². The summed E-state index contributed by atoms with van der Waals surface area (Å²) in [6, 6.07) is 9.12. The van der Waals surface area contributed by atoms with Crippen molar-refractivity contribution in [1.82, 2.24) is 5.32 Å². The summed E-state index contributed by atoms with van der Waals surface area (Å²) >= 11 is 7.17. The smallest absolute Gasteiger partial charge is 0.0701 e. The summed E-state index contributed by atoms with van der Waals surface area (Å²) in [5.74, 6) is 0. The number of halogens is 1. The highest BCUT2D eigenvalue weighted by atomic mass is 79.9. The predicted molar refractivity (Wildman–Crippen MR) is 76.5 cm³/mol. The molecule has 86 valence electrons. The Morgan fingerprint density at radius 3 is 2.81 bits per heavy atom. The maximum atomic E-state index is 3.51. The van der Waals surface area contributed by atoms with Crippen LogP contribution in [0.2, 0.25) is 0 Å². The van der Waals surface area contributed by atoms with Gasteiger partial charge in [-0.1, -0.05) is 6.07 Å². The lowest BCUT2D eigenvalue weighted by Gasteiger charge is -2.13. The van der Waals surface area contributed by atoms with Crippen molar-refractivity contribution in [2.24, 2.45) is 0 Å². The predicted octanol–water partition coefficient (Wildman–Crippen LogP) is 4.47. The van der Waals surface area contributed by atoms with Crippen LogP contribution in [0.25, 0.3) is 0 Å². The second-order valence-corrected chi connectivity index (χ2v) is 7.13. The van der Waals surface area contributed by atoms with Gasteiger partial charge < -0.3 is 5.32 Å². The first-order valence-electron chi connectivity index (χ1n) is 5.24. The summed E-state index contributed by atoms with van der Waals surface area (Å²) in [6.45, 7) is 0. The minimum Gasteiger partial charge on any atom is -0.312 e. The highest BCUT2D eigenvalue weighted by Gasteiger charge is 2.11. The molecular weight excluding hydrogens is 302 g/mol. The summed E-state index contributed by atoms with van der Waals surface area (Å²) in [4.78, 5) is 2.88. The number of nitrogens with one attached hydrogen (secondary N) is 1. The molecule has 0 bridgehead atoms. The normalized spacial score (nSPS) is 12.9. The topological polar surface area (TPSA) is 12.0 Å². The summed E-state index contributed by atoms with van der Waals surface area (Å²) < 4.78 is 1.21. The standard InChI is InChI=1S/C12H14BrNS2/c1-14-10(11-6-7-12(13)16-11)5-4-9-3-2-8-15-9/h2-3,6-8,10,14H,4-5H2,1H3. The van der Waals surface area contributed by atoms with Crippen molar-refractivity contribution in [3.8, 4) is 0 Å². The maximum absolute atomic E-state index is 3.51. The van der Waals surface area contributed by atoms with E-state index in [9.17, 15) is 0 Å². The van der Waals surface area contributed by atoms with Crippen molar-refractivity contribution >= 4 is 38.6 Å². The van der Waals surface area contributed by atoms with Crippen molar-refractivity contribution in [2.45, 2.75) is 18.9 Å². The zero-order valence-corrected chi connectivity index (χ0v) is 12.3. The van der Waals surface area contributed by atoms with Crippen molar-refractivity contribution in [3.05, 3.63) is 43.2 Å². The number of rotatable bonds is 5. The number of hydrogen-bond acceptors (Lipinski definition) is 3. The molecule has 1 N–H and O–H groups in total. The van der Waals surface area contributed by atoms with Crippen LogP contribution in [-0.2, 0) is 6.42 Å². The molecule has 0 aromatic carbocycles. The van der Waals surface area contributed by atoms with Crippen LogP contribution >= 0.6 is 38.6 Å². The number of aryl methyl sites for hydroxylation is 1. The van der Waals surface area contributed by atoms with Gasteiger partial charge in [-0.2, -0.15) is 0 Å². The third kappa shape index (κ3) is 3.17. The maximum Gasteiger partial charge on any atom is 0.0701 e. The minimum absolute atomic E-state index is 0.471. The van der Waals surface area contributed by atoms with Crippen molar-refractivity contribution in [3.63, 3.8) is 0 Å². The second-order valence-electron chi connectivity index (χ2n) is 3.60. The molecule has 1 atom stereocenters. The van der Waals surface area contributed by atoms with E-state index in [1.54, 1.807) is 0 Å². The van der Waals surface area contributed by atoms with Gasteiger partial charge in [0.05, 0.1) is 3.79 Å². The summed E-state index contributed by atoms with van der Waals surface area (Å²) in [5.41, 5.74) is 0. The van der Waals surface area contributed by atoms with E-state index >= 15 is 0 Å². The molecule has 2 rings (SSSR count). The van der Waals surface area contributed by atoms with Crippen LogP contribution in [-0.4, -0.2) is 7.05 Å². The van der Waals surface area contributed by atoms with E-state index in [1.165, 1.54) is 13.5 Å². The van der Waals surface area contributed by atoms with Crippen LogP contribution in [0, 0.1) is 0 Å². The van der Waals surface area contributed by atoms with Crippen LogP contribution in [0.4, 0.5) is 0 Å². The molecule has 0 aliphatic rings. The van der Waals surface area contributed by atoms with E-state index in [4.69, 9.17) is 0 Å². The van der Waals surface area contributed by atoms with E-state index in [2.05, 4.69) is 50.9 Å². The van der Waals surface area contributed by atoms with Gasteiger partial charge >= 0.3 is 0 Å². The third-order valence-electron chi connectivity index (χ3n) is 2.55. The molecule has 1 unspecified atom stereocenters. The van der Waals surface area contributed by atoms with E-state index in [0.717, 1.165) is 12.8 Å². The monoisotopic (exact) mass is 315 g/mol. The Balaban J connectivity index is 1.96. The van der Waals surface area contributed by atoms with Crippen LogP contribution in [0.3, 0.4) is 0 Å². The molecule has 0 fully saturated rings. The molecule has 0 saturated heterocycles. The Labute approximate surface area is 113 Å². The van der Waals surface area contributed by atoms with Crippen LogP contribution in [0.1, 0.15) is 22.2 Å². The average Bonchev–Trinajstić information content (AvgIpc) is 2.91. The lowest BCUT2D eigenvalue weighted by atomic mass is 10.1. The molecule has 4 heteroatoms.